The lowest BCUT2D eigenvalue weighted by atomic mass is 10.1. The van der Waals surface area contributed by atoms with E-state index in [1.54, 1.807) is 23.1 Å². The Hall–Kier alpha value is -1.79. The summed E-state index contributed by atoms with van der Waals surface area (Å²) in [4.78, 5) is 25.8. The number of carbonyl (C=O) groups is 2. The summed E-state index contributed by atoms with van der Waals surface area (Å²) < 4.78 is 5.52. The van der Waals surface area contributed by atoms with Crippen LogP contribution in [0.3, 0.4) is 0 Å². The SMILES string of the molecule is C[C@H]1CNC(=O)CCN1C(=O)c1ccc(OCCCN)c(Cl)c1. The fourth-order valence-corrected chi connectivity index (χ4v) is 2.62. The molecule has 126 valence electrons. The lowest BCUT2D eigenvalue weighted by Gasteiger charge is -2.26. The number of benzene rings is 1. The molecule has 0 aliphatic carbocycles. The van der Waals surface area contributed by atoms with Gasteiger partial charge in [0.05, 0.1) is 11.6 Å². The van der Waals surface area contributed by atoms with Gasteiger partial charge in [0.15, 0.2) is 0 Å². The standard InChI is InChI=1S/C16H22ClN3O3/c1-11-10-19-15(21)5-7-20(11)16(22)12-3-4-14(13(17)9-12)23-8-2-6-18/h3-4,9,11H,2,5-8,10,18H2,1H3,(H,19,21)/t11-/m0/s1. The van der Waals surface area contributed by atoms with Gasteiger partial charge in [0, 0.05) is 31.1 Å². The van der Waals surface area contributed by atoms with Gasteiger partial charge in [-0.15, -0.1) is 0 Å². The molecule has 0 bridgehead atoms. The first-order valence-electron chi connectivity index (χ1n) is 7.73. The van der Waals surface area contributed by atoms with Crippen LogP contribution in [-0.2, 0) is 4.79 Å². The number of nitrogens with zero attached hydrogens (tertiary/aromatic N) is 1. The number of rotatable bonds is 5. The van der Waals surface area contributed by atoms with E-state index in [4.69, 9.17) is 22.1 Å². The average Bonchev–Trinajstić information content (AvgIpc) is 2.70. The molecule has 1 aromatic rings. The van der Waals surface area contributed by atoms with E-state index in [2.05, 4.69) is 5.32 Å². The van der Waals surface area contributed by atoms with E-state index in [0.29, 0.717) is 49.0 Å². The Morgan fingerprint density at radius 2 is 2.30 bits per heavy atom. The van der Waals surface area contributed by atoms with Gasteiger partial charge in [0.25, 0.3) is 5.91 Å². The van der Waals surface area contributed by atoms with Gasteiger partial charge in [-0.2, -0.15) is 0 Å². The predicted molar refractivity (Wildman–Crippen MR) is 88.7 cm³/mol. The van der Waals surface area contributed by atoms with Gasteiger partial charge in [-0.05, 0) is 38.1 Å². The van der Waals surface area contributed by atoms with Crippen molar-refractivity contribution in [2.75, 3.05) is 26.2 Å². The second-order valence-electron chi connectivity index (χ2n) is 5.54. The fourth-order valence-electron chi connectivity index (χ4n) is 2.39. The summed E-state index contributed by atoms with van der Waals surface area (Å²) in [5, 5.41) is 3.18. The quantitative estimate of drug-likeness (QED) is 0.794. The summed E-state index contributed by atoms with van der Waals surface area (Å²) in [5.74, 6) is 0.371. The molecule has 1 atom stereocenters. The van der Waals surface area contributed by atoms with Crippen LogP contribution in [0.2, 0.25) is 5.02 Å². The summed E-state index contributed by atoms with van der Waals surface area (Å²) in [6, 6.07) is 4.93. The normalized spacial score (nSPS) is 18.3. The topological polar surface area (TPSA) is 84.7 Å². The number of amides is 2. The highest BCUT2D eigenvalue weighted by Crippen LogP contribution is 2.26. The number of nitrogens with one attached hydrogen (secondary N) is 1. The van der Waals surface area contributed by atoms with Crippen molar-refractivity contribution >= 4 is 23.4 Å². The van der Waals surface area contributed by atoms with Crippen LogP contribution in [-0.4, -0.2) is 49.0 Å². The van der Waals surface area contributed by atoms with Crippen LogP contribution in [0.15, 0.2) is 18.2 Å². The zero-order chi connectivity index (χ0) is 16.8. The van der Waals surface area contributed by atoms with E-state index in [1.807, 2.05) is 6.92 Å². The van der Waals surface area contributed by atoms with Crippen molar-refractivity contribution in [3.63, 3.8) is 0 Å². The average molecular weight is 340 g/mol. The zero-order valence-electron chi connectivity index (χ0n) is 13.2. The number of nitrogens with two attached hydrogens (primary N) is 1. The number of carbonyl (C=O) groups excluding carboxylic acids is 2. The Labute approximate surface area is 140 Å². The first kappa shape index (κ1) is 17.6. The molecule has 1 aliphatic heterocycles. The molecule has 1 aliphatic rings. The monoisotopic (exact) mass is 339 g/mol. The Morgan fingerprint density at radius 3 is 3.00 bits per heavy atom. The molecule has 7 heteroatoms. The van der Waals surface area contributed by atoms with Crippen molar-refractivity contribution in [1.29, 1.82) is 0 Å². The third-order valence-electron chi connectivity index (χ3n) is 3.75. The lowest BCUT2D eigenvalue weighted by Crippen LogP contribution is -2.41. The minimum absolute atomic E-state index is 0.0335. The maximum atomic E-state index is 12.7. The van der Waals surface area contributed by atoms with Gasteiger partial charge in [-0.3, -0.25) is 9.59 Å². The molecule has 0 spiro atoms. The van der Waals surface area contributed by atoms with Gasteiger partial charge in [-0.25, -0.2) is 0 Å². The van der Waals surface area contributed by atoms with Crippen LogP contribution in [0.4, 0.5) is 0 Å². The summed E-state index contributed by atoms with van der Waals surface area (Å²) in [6.07, 6.45) is 1.05. The predicted octanol–water partition coefficient (Wildman–Crippen LogP) is 1.42. The van der Waals surface area contributed by atoms with Crippen molar-refractivity contribution in [1.82, 2.24) is 10.2 Å². The maximum absolute atomic E-state index is 12.7. The number of ether oxygens (including phenoxy) is 1. The Kier molecular flexibility index (Phi) is 6.24. The van der Waals surface area contributed by atoms with Gasteiger partial charge in [0.2, 0.25) is 5.91 Å². The third kappa shape index (κ3) is 4.59. The molecule has 0 radical (unpaired) electrons. The highest BCUT2D eigenvalue weighted by Gasteiger charge is 2.25. The van der Waals surface area contributed by atoms with Crippen LogP contribution in [0.1, 0.15) is 30.1 Å². The summed E-state index contributed by atoms with van der Waals surface area (Å²) >= 11 is 6.19. The molecular weight excluding hydrogens is 318 g/mol. The fraction of sp³-hybridized carbons (Fsp3) is 0.500. The van der Waals surface area contributed by atoms with Crippen molar-refractivity contribution in [3.8, 4) is 5.75 Å². The van der Waals surface area contributed by atoms with Crippen LogP contribution < -0.4 is 15.8 Å². The van der Waals surface area contributed by atoms with Crippen LogP contribution in [0.5, 0.6) is 5.75 Å². The highest BCUT2D eigenvalue weighted by atomic mass is 35.5. The van der Waals surface area contributed by atoms with Gasteiger partial charge >= 0.3 is 0 Å². The third-order valence-corrected chi connectivity index (χ3v) is 4.05. The van der Waals surface area contributed by atoms with Crippen molar-refractivity contribution in [3.05, 3.63) is 28.8 Å². The van der Waals surface area contributed by atoms with E-state index in [-0.39, 0.29) is 17.9 Å². The largest absolute Gasteiger partial charge is 0.492 e. The summed E-state index contributed by atoms with van der Waals surface area (Å²) in [6.45, 7) is 3.81. The van der Waals surface area contributed by atoms with E-state index >= 15 is 0 Å². The van der Waals surface area contributed by atoms with E-state index in [1.165, 1.54) is 0 Å². The first-order valence-corrected chi connectivity index (χ1v) is 8.11. The van der Waals surface area contributed by atoms with Gasteiger partial charge in [0.1, 0.15) is 5.75 Å². The molecule has 3 N–H and O–H groups in total. The molecule has 1 aromatic carbocycles. The molecule has 2 amide bonds. The number of halogens is 1. The minimum Gasteiger partial charge on any atom is -0.492 e. The maximum Gasteiger partial charge on any atom is 0.254 e. The Morgan fingerprint density at radius 1 is 1.52 bits per heavy atom. The number of hydrogen-bond donors (Lipinski definition) is 2. The molecule has 2 rings (SSSR count). The molecule has 0 saturated carbocycles. The second-order valence-corrected chi connectivity index (χ2v) is 5.94. The highest BCUT2D eigenvalue weighted by molar-refractivity contribution is 6.32. The molecule has 1 fully saturated rings. The molecule has 0 unspecified atom stereocenters. The molecule has 6 nitrogen and oxygen atoms in total. The minimum atomic E-state index is -0.135. The second kappa shape index (κ2) is 8.17. The van der Waals surface area contributed by atoms with Crippen LogP contribution in [0.25, 0.3) is 0 Å². The van der Waals surface area contributed by atoms with Gasteiger partial charge in [-0.1, -0.05) is 11.6 Å². The molecule has 1 saturated heterocycles. The van der Waals surface area contributed by atoms with Gasteiger partial charge < -0.3 is 20.7 Å². The summed E-state index contributed by atoms with van der Waals surface area (Å²) in [7, 11) is 0. The van der Waals surface area contributed by atoms with Crippen molar-refractivity contribution in [2.24, 2.45) is 5.73 Å². The Balaban J connectivity index is 2.09. The molecule has 23 heavy (non-hydrogen) atoms. The lowest BCUT2D eigenvalue weighted by molar-refractivity contribution is -0.120. The van der Waals surface area contributed by atoms with E-state index < -0.39 is 0 Å². The van der Waals surface area contributed by atoms with Crippen LogP contribution >= 0.6 is 11.6 Å². The summed E-state index contributed by atoms with van der Waals surface area (Å²) in [5.41, 5.74) is 5.91. The van der Waals surface area contributed by atoms with Crippen LogP contribution in [0, 0.1) is 0 Å². The van der Waals surface area contributed by atoms with E-state index in [0.717, 1.165) is 6.42 Å². The molecular formula is C16H22ClN3O3. The number of hydrogen-bond acceptors (Lipinski definition) is 4. The van der Waals surface area contributed by atoms with Crippen molar-refractivity contribution in [2.45, 2.75) is 25.8 Å². The first-order chi connectivity index (χ1) is 11.0. The molecule has 0 aromatic heterocycles. The Bertz CT molecular complexity index is 580. The smallest absolute Gasteiger partial charge is 0.254 e. The molecule has 1 heterocycles. The van der Waals surface area contributed by atoms with E-state index in [9.17, 15) is 9.59 Å². The van der Waals surface area contributed by atoms with Crippen molar-refractivity contribution < 1.29 is 14.3 Å². The zero-order valence-corrected chi connectivity index (χ0v) is 13.9.